The highest BCUT2D eigenvalue weighted by Gasteiger charge is 2.26. The summed E-state index contributed by atoms with van der Waals surface area (Å²) in [5.74, 6) is -0.103. The van der Waals surface area contributed by atoms with E-state index in [1.165, 1.54) is 24.3 Å². The van der Waals surface area contributed by atoms with Crippen molar-refractivity contribution in [3.63, 3.8) is 0 Å². The Morgan fingerprint density at radius 2 is 1.72 bits per heavy atom. The van der Waals surface area contributed by atoms with Crippen molar-refractivity contribution in [2.75, 3.05) is 44.3 Å². The molecule has 1 fully saturated rings. The molecule has 0 radical (unpaired) electrons. The minimum absolute atomic E-state index is 0.00587. The molecule has 1 atom stereocenters. The Kier molecular flexibility index (Phi) is 11.3. The van der Waals surface area contributed by atoms with Crippen molar-refractivity contribution >= 4 is 11.6 Å². The van der Waals surface area contributed by atoms with E-state index in [2.05, 4.69) is 18.7 Å². The Balaban J connectivity index is 1.72. The highest BCUT2D eigenvalue weighted by molar-refractivity contribution is 5.95. The maximum Gasteiger partial charge on any atom is 0.241 e. The molecule has 0 aliphatic carbocycles. The molecule has 0 N–H and O–H groups in total. The third-order valence-corrected chi connectivity index (χ3v) is 7.24. The summed E-state index contributed by atoms with van der Waals surface area (Å²) in [6.45, 7) is 10.5. The first-order valence-corrected chi connectivity index (χ1v) is 13.6. The summed E-state index contributed by atoms with van der Waals surface area (Å²) in [4.78, 5) is 17.6. The average Bonchev–Trinajstić information content (AvgIpc) is 2.88. The second kappa shape index (κ2) is 14.4. The molecule has 1 heterocycles. The van der Waals surface area contributed by atoms with Crippen LogP contribution in [0.4, 0.5) is 14.5 Å². The molecular weight excluding hydrogens is 458 g/mol. The largest absolute Gasteiger partial charge is 0.381 e. The lowest BCUT2D eigenvalue weighted by Gasteiger charge is -2.34. The number of hydrogen-bond donors (Lipinski definition) is 0. The van der Waals surface area contributed by atoms with E-state index in [0.29, 0.717) is 24.7 Å². The number of unbranched alkanes of at least 4 members (excludes halogenated alkanes) is 1. The zero-order chi connectivity index (χ0) is 25.9. The minimum Gasteiger partial charge on any atom is -0.381 e. The molecule has 4 nitrogen and oxygen atoms in total. The van der Waals surface area contributed by atoms with Gasteiger partial charge in [-0.1, -0.05) is 45.4 Å². The first kappa shape index (κ1) is 28.3. The summed E-state index contributed by atoms with van der Waals surface area (Å²) in [5.41, 5.74) is 2.42. The molecule has 2 aromatic carbocycles. The van der Waals surface area contributed by atoms with Crippen LogP contribution in [0.15, 0.2) is 42.5 Å². The minimum atomic E-state index is -0.361. The van der Waals surface area contributed by atoms with Crippen molar-refractivity contribution in [3.8, 4) is 0 Å². The number of benzene rings is 2. The van der Waals surface area contributed by atoms with Crippen LogP contribution in [0.1, 0.15) is 76.3 Å². The van der Waals surface area contributed by atoms with Gasteiger partial charge in [-0.05, 0) is 86.5 Å². The summed E-state index contributed by atoms with van der Waals surface area (Å²) < 4.78 is 33.6. The number of ether oxygens (including phenoxy) is 1. The molecule has 1 aliphatic heterocycles. The molecule has 36 heavy (non-hydrogen) atoms. The Bertz CT molecular complexity index is 942. The van der Waals surface area contributed by atoms with E-state index in [-0.39, 0.29) is 23.5 Å². The summed E-state index contributed by atoms with van der Waals surface area (Å²) in [5, 5.41) is 0. The van der Waals surface area contributed by atoms with Gasteiger partial charge in [0.05, 0.1) is 12.2 Å². The zero-order valence-corrected chi connectivity index (χ0v) is 22.1. The van der Waals surface area contributed by atoms with Crippen LogP contribution >= 0.6 is 0 Å². The third kappa shape index (κ3) is 8.10. The number of amides is 1. The standard InChI is InChI=1S/C30H42F2N2O2/c1-4-6-16-34(30(35)22-33-17-13-24(14-18-33)15-20-36-19-5-2)29-21-27(32)11-12-28(29)23(3)25-7-9-26(31)10-8-25/h7-12,21,23-24H,4-6,13-20,22H2,1-3H3. The molecule has 6 heteroatoms. The fourth-order valence-electron chi connectivity index (χ4n) is 4.95. The molecular formula is C30H42F2N2O2. The fourth-order valence-corrected chi connectivity index (χ4v) is 4.95. The second-order valence-corrected chi connectivity index (χ2v) is 10.00. The number of halogens is 2. The van der Waals surface area contributed by atoms with Crippen LogP contribution in [-0.4, -0.2) is 50.2 Å². The summed E-state index contributed by atoms with van der Waals surface area (Å²) in [6.07, 6.45) is 6.05. The van der Waals surface area contributed by atoms with Crippen LogP contribution in [0, 0.1) is 17.6 Å². The number of anilines is 1. The molecule has 0 saturated carbocycles. The number of carbonyl (C=O) groups is 1. The number of rotatable bonds is 13. The van der Waals surface area contributed by atoms with Gasteiger partial charge in [-0.25, -0.2) is 8.78 Å². The monoisotopic (exact) mass is 500 g/mol. The molecule has 1 unspecified atom stereocenters. The summed E-state index contributed by atoms with van der Waals surface area (Å²) in [7, 11) is 0. The molecule has 1 saturated heterocycles. The molecule has 1 amide bonds. The molecule has 198 valence electrons. The first-order chi connectivity index (χ1) is 17.4. The van der Waals surface area contributed by atoms with Gasteiger partial charge < -0.3 is 9.64 Å². The van der Waals surface area contributed by atoms with Crippen LogP contribution in [0.25, 0.3) is 0 Å². The Morgan fingerprint density at radius 1 is 1.03 bits per heavy atom. The molecule has 0 spiro atoms. The second-order valence-electron chi connectivity index (χ2n) is 10.00. The quantitative estimate of drug-likeness (QED) is 0.284. The topological polar surface area (TPSA) is 32.8 Å². The normalized spacial score (nSPS) is 15.7. The van der Waals surface area contributed by atoms with Gasteiger partial charge in [0, 0.05) is 25.7 Å². The lowest BCUT2D eigenvalue weighted by Crippen LogP contribution is -2.44. The highest BCUT2D eigenvalue weighted by atomic mass is 19.1. The van der Waals surface area contributed by atoms with E-state index in [1.807, 2.05) is 6.92 Å². The van der Waals surface area contributed by atoms with E-state index in [0.717, 1.165) is 76.0 Å². The number of hydrogen-bond acceptors (Lipinski definition) is 3. The van der Waals surface area contributed by atoms with Gasteiger partial charge in [0.2, 0.25) is 5.91 Å². The van der Waals surface area contributed by atoms with Gasteiger partial charge in [0.1, 0.15) is 11.6 Å². The maximum absolute atomic E-state index is 14.5. The SMILES string of the molecule is CCCCN(C(=O)CN1CCC(CCOCCC)CC1)c1cc(F)ccc1C(C)c1ccc(F)cc1. The lowest BCUT2D eigenvalue weighted by molar-refractivity contribution is -0.120. The van der Waals surface area contributed by atoms with Gasteiger partial charge in [-0.2, -0.15) is 0 Å². The molecule has 2 aromatic rings. The van der Waals surface area contributed by atoms with Crippen LogP contribution < -0.4 is 4.90 Å². The molecule has 0 bridgehead atoms. The number of piperidine rings is 1. The van der Waals surface area contributed by atoms with Crippen LogP contribution in [-0.2, 0) is 9.53 Å². The Morgan fingerprint density at radius 3 is 2.39 bits per heavy atom. The smallest absolute Gasteiger partial charge is 0.241 e. The first-order valence-electron chi connectivity index (χ1n) is 13.6. The number of carbonyl (C=O) groups excluding carboxylic acids is 1. The zero-order valence-electron chi connectivity index (χ0n) is 22.1. The van der Waals surface area contributed by atoms with Crippen molar-refractivity contribution in [2.45, 2.75) is 65.2 Å². The third-order valence-electron chi connectivity index (χ3n) is 7.24. The van der Waals surface area contributed by atoms with Crippen molar-refractivity contribution in [3.05, 3.63) is 65.2 Å². The predicted octanol–water partition coefficient (Wildman–Crippen LogP) is 6.78. The van der Waals surface area contributed by atoms with Gasteiger partial charge in [-0.3, -0.25) is 9.69 Å². The van der Waals surface area contributed by atoms with Gasteiger partial charge in [-0.15, -0.1) is 0 Å². The van der Waals surface area contributed by atoms with Crippen molar-refractivity contribution in [1.82, 2.24) is 4.90 Å². The van der Waals surface area contributed by atoms with Crippen LogP contribution in [0.2, 0.25) is 0 Å². The van der Waals surface area contributed by atoms with Crippen LogP contribution in [0.5, 0.6) is 0 Å². The molecule has 1 aliphatic rings. The molecule has 3 rings (SSSR count). The van der Waals surface area contributed by atoms with Crippen molar-refractivity contribution in [2.24, 2.45) is 5.92 Å². The Labute approximate surface area is 215 Å². The van der Waals surface area contributed by atoms with Crippen LogP contribution in [0.3, 0.4) is 0 Å². The van der Waals surface area contributed by atoms with Gasteiger partial charge >= 0.3 is 0 Å². The van der Waals surface area contributed by atoms with Crippen molar-refractivity contribution in [1.29, 1.82) is 0 Å². The summed E-state index contributed by atoms with van der Waals surface area (Å²) >= 11 is 0. The number of nitrogens with zero attached hydrogens (tertiary/aromatic N) is 2. The molecule has 0 aromatic heterocycles. The summed E-state index contributed by atoms with van der Waals surface area (Å²) in [6, 6.07) is 11.1. The predicted molar refractivity (Wildman–Crippen MR) is 142 cm³/mol. The van der Waals surface area contributed by atoms with Gasteiger partial charge in [0.15, 0.2) is 0 Å². The van der Waals surface area contributed by atoms with Crippen molar-refractivity contribution < 1.29 is 18.3 Å². The van der Waals surface area contributed by atoms with E-state index in [1.54, 1.807) is 23.1 Å². The van der Waals surface area contributed by atoms with E-state index < -0.39 is 0 Å². The average molecular weight is 501 g/mol. The maximum atomic E-state index is 14.5. The van der Waals surface area contributed by atoms with E-state index in [4.69, 9.17) is 4.74 Å². The van der Waals surface area contributed by atoms with E-state index in [9.17, 15) is 13.6 Å². The van der Waals surface area contributed by atoms with Gasteiger partial charge in [0.25, 0.3) is 0 Å². The van der Waals surface area contributed by atoms with E-state index >= 15 is 0 Å². The lowest BCUT2D eigenvalue weighted by atomic mass is 9.91. The number of likely N-dealkylation sites (tertiary alicyclic amines) is 1. The Hall–Kier alpha value is -2.31. The highest BCUT2D eigenvalue weighted by Crippen LogP contribution is 2.34. The fraction of sp³-hybridized carbons (Fsp3) is 0.567.